The van der Waals surface area contributed by atoms with Gasteiger partial charge in [-0.3, -0.25) is 9.59 Å². The van der Waals surface area contributed by atoms with Gasteiger partial charge in [-0.1, -0.05) is 0 Å². The highest BCUT2D eigenvalue weighted by atomic mass is 16.5. The van der Waals surface area contributed by atoms with E-state index in [0.29, 0.717) is 5.95 Å². The van der Waals surface area contributed by atoms with E-state index in [4.69, 9.17) is 4.74 Å². The van der Waals surface area contributed by atoms with E-state index in [9.17, 15) is 19.2 Å². The normalized spacial score (nSPS) is 9.93. The molecule has 158 valence electrons. The van der Waals surface area contributed by atoms with Crippen molar-refractivity contribution < 1.29 is 33.4 Å². The molecule has 0 aliphatic heterocycles. The zero-order valence-electron chi connectivity index (χ0n) is 16.3. The third-order valence-corrected chi connectivity index (χ3v) is 3.60. The average molecular weight is 416 g/mol. The number of benzene rings is 1. The summed E-state index contributed by atoms with van der Waals surface area (Å²) in [6.45, 7) is -0.315. The molecule has 1 amide bonds. The lowest BCUT2D eigenvalue weighted by molar-refractivity contribution is -0.147. The molecule has 1 aromatic carbocycles. The molecule has 0 unspecified atom stereocenters. The summed E-state index contributed by atoms with van der Waals surface area (Å²) in [6.07, 6.45) is 3.10. The van der Waals surface area contributed by atoms with Gasteiger partial charge < -0.3 is 24.8 Å². The Balaban J connectivity index is 1.88. The van der Waals surface area contributed by atoms with Crippen molar-refractivity contribution in [3.63, 3.8) is 0 Å². The lowest BCUT2D eigenvalue weighted by Crippen LogP contribution is -2.22. The van der Waals surface area contributed by atoms with Crippen LogP contribution in [0.5, 0.6) is 0 Å². The SMILES string of the molecule is COC(=O)c1cc(NC(=O)COC(=O)CCNc2ncccn2)cc(C(=O)OC)c1. The monoisotopic (exact) mass is 416 g/mol. The number of methoxy groups -OCH3 is 2. The van der Waals surface area contributed by atoms with Gasteiger partial charge in [-0.15, -0.1) is 0 Å². The molecule has 0 bridgehead atoms. The van der Waals surface area contributed by atoms with Crippen LogP contribution in [0.25, 0.3) is 0 Å². The molecule has 0 saturated heterocycles. The molecule has 30 heavy (non-hydrogen) atoms. The van der Waals surface area contributed by atoms with Crippen LogP contribution in [0.1, 0.15) is 27.1 Å². The molecule has 0 radical (unpaired) electrons. The molecule has 11 heteroatoms. The van der Waals surface area contributed by atoms with Crippen LogP contribution in [0, 0.1) is 0 Å². The molecular weight excluding hydrogens is 396 g/mol. The summed E-state index contributed by atoms with van der Waals surface area (Å²) in [7, 11) is 2.37. The largest absolute Gasteiger partial charge is 0.465 e. The first-order valence-corrected chi connectivity index (χ1v) is 8.71. The molecule has 0 fully saturated rings. The molecule has 0 spiro atoms. The first-order chi connectivity index (χ1) is 14.4. The number of anilines is 2. The summed E-state index contributed by atoms with van der Waals surface area (Å²) in [4.78, 5) is 55.2. The Morgan fingerprint density at radius 3 is 2.10 bits per heavy atom. The number of aromatic nitrogens is 2. The molecule has 2 N–H and O–H groups in total. The van der Waals surface area contributed by atoms with Gasteiger partial charge in [0.2, 0.25) is 5.95 Å². The second kappa shape index (κ2) is 11.1. The van der Waals surface area contributed by atoms with Gasteiger partial charge >= 0.3 is 17.9 Å². The van der Waals surface area contributed by atoms with Gasteiger partial charge in [0.05, 0.1) is 31.8 Å². The number of carbonyl (C=O) groups is 4. The van der Waals surface area contributed by atoms with E-state index in [0.717, 1.165) is 0 Å². The van der Waals surface area contributed by atoms with Crippen molar-refractivity contribution in [1.29, 1.82) is 0 Å². The molecule has 0 saturated carbocycles. The van der Waals surface area contributed by atoms with Crippen LogP contribution in [0.3, 0.4) is 0 Å². The lowest BCUT2D eigenvalue weighted by Gasteiger charge is -2.10. The number of nitrogens with zero attached hydrogens (tertiary/aromatic N) is 2. The van der Waals surface area contributed by atoms with Gasteiger partial charge in [-0.05, 0) is 24.3 Å². The zero-order chi connectivity index (χ0) is 21.9. The van der Waals surface area contributed by atoms with Crippen LogP contribution in [0.15, 0.2) is 36.7 Å². The Kier molecular flexibility index (Phi) is 8.24. The van der Waals surface area contributed by atoms with E-state index in [2.05, 4.69) is 30.1 Å². The van der Waals surface area contributed by atoms with Crippen molar-refractivity contribution in [1.82, 2.24) is 9.97 Å². The first-order valence-electron chi connectivity index (χ1n) is 8.71. The number of carbonyl (C=O) groups excluding carboxylic acids is 4. The summed E-state index contributed by atoms with van der Waals surface area (Å²) < 4.78 is 14.1. The molecule has 2 rings (SSSR count). The molecule has 1 heterocycles. The molecule has 0 aliphatic rings. The van der Waals surface area contributed by atoms with E-state index < -0.39 is 30.4 Å². The van der Waals surface area contributed by atoms with Gasteiger partial charge in [0.15, 0.2) is 6.61 Å². The van der Waals surface area contributed by atoms with Gasteiger partial charge in [-0.2, -0.15) is 0 Å². The predicted molar refractivity (Wildman–Crippen MR) is 104 cm³/mol. The highest BCUT2D eigenvalue weighted by Crippen LogP contribution is 2.17. The van der Waals surface area contributed by atoms with Crippen LogP contribution in [-0.2, 0) is 23.8 Å². The highest BCUT2D eigenvalue weighted by Gasteiger charge is 2.15. The van der Waals surface area contributed by atoms with E-state index in [1.807, 2.05) is 0 Å². The van der Waals surface area contributed by atoms with Gasteiger partial charge in [0.1, 0.15) is 0 Å². The fraction of sp³-hybridized carbons (Fsp3) is 0.263. The standard InChI is InChI=1S/C19H20N4O7/c1-28-17(26)12-8-13(18(27)29-2)10-14(9-12)23-15(24)11-30-16(25)4-7-22-19-20-5-3-6-21-19/h3,5-6,8-10H,4,7,11H2,1-2H3,(H,23,24)(H,20,21,22). The molecule has 2 aromatic rings. The summed E-state index contributed by atoms with van der Waals surface area (Å²) in [5.41, 5.74) is 0.228. The van der Waals surface area contributed by atoms with Gasteiger partial charge in [0, 0.05) is 24.6 Å². The highest BCUT2D eigenvalue weighted by molar-refractivity contribution is 5.99. The Bertz CT molecular complexity index is 884. The second-order valence-corrected chi connectivity index (χ2v) is 5.74. The minimum atomic E-state index is -0.697. The molecule has 0 aliphatic carbocycles. The smallest absolute Gasteiger partial charge is 0.337 e. The van der Waals surface area contributed by atoms with E-state index >= 15 is 0 Å². The number of hydrogen-bond donors (Lipinski definition) is 2. The number of hydrogen-bond acceptors (Lipinski definition) is 10. The summed E-state index contributed by atoms with van der Waals surface area (Å²) in [5, 5.41) is 5.29. The third kappa shape index (κ3) is 6.86. The second-order valence-electron chi connectivity index (χ2n) is 5.74. The van der Waals surface area contributed by atoms with Crippen molar-refractivity contribution in [3.8, 4) is 0 Å². The van der Waals surface area contributed by atoms with Crippen molar-refractivity contribution in [2.24, 2.45) is 0 Å². The van der Waals surface area contributed by atoms with Crippen molar-refractivity contribution in [3.05, 3.63) is 47.8 Å². The fourth-order valence-corrected chi connectivity index (χ4v) is 2.25. The van der Waals surface area contributed by atoms with Gasteiger partial charge in [0.25, 0.3) is 5.91 Å². The van der Waals surface area contributed by atoms with E-state index in [-0.39, 0.29) is 29.8 Å². The Hall–Kier alpha value is -4.02. The summed E-state index contributed by atoms with van der Waals surface area (Å²) in [6, 6.07) is 5.58. The Labute approximate surface area is 171 Å². The minimum Gasteiger partial charge on any atom is -0.465 e. The van der Waals surface area contributed by atoms with E-state index in [1.54, 1.807) is 18.5 Å². The molecule has 1 aromatic heterocycles. The fourth-order valence-electron chi connectivity index (χ4n) is 2.25. The van der Waals surface area contributed by atoms with Crippen LogP contribution >= 0.6 is 0 Å². The zero-order valence-corrected chi connectivity index (χ0v) is 16.3. The lowest BCUT2D eigenvalue weighted by atomic mass is 10.1. The quantitative estimate of drug-likeness (QED) is 0.449. The Morgan fingerprint density at radius 2 is 1.53 bits per heavy atom. The van der Waals surface area contributed by atoms with Gasteiger partial charge in [-0.25, -0.2) is 19.6 Å². The first kappa shape index (κ1) is 22.3. The van der Waals surface area contributed by atoms with Crippen LogP contribution in [-0.4, -0.2) is 61.2 Å². The van der Waals surface area contributed by atoms with Crippen molar-refractivity contribution in [2.75, 3.05) is 38.0 Å². The van der Waals surface area contributed by atoms with Crippen molar-refractivity contribution >= 4 is 35.5 Å². The van der Waals surface area contributed by atoms with E-state index in [1.165, 1.54) is 32.4 Å². The molecule has 0 atom stereocenters. The van der Waals surface area contributed by atoms with Crippen LogP contribution in [0.2, 0.25) is 0 Å². The maximum atomic E-state index is 12.1. The third-order valence-electron chi connectivity index (χ3n) is 3.60. The number of nitrogens with one attached hydrogen (secondary N) is 2. The number of amides is 1. The number of rotatable bonds is 9. The molecule has 11 nitrogen and oxygen atoms in total. The summed E-state index contributed by atoms with van der Waals surface area (Å²) in [5.74, 6) is -2.28. The topological polar surface area (TPSA) is 146 Å². The number of ether oxygens (including phenoxy) is 3. The van der Waals surface area contributed by atoms with Crippen LogP contribution < -0.4 is 10.6 Å². The maximum Gasteiger partial charge on any atom is 0.337 e. The number of esters is 3. The molecular formula is C19H20N4O7. The Morgan fingerprint density at radius 1 is 0.933 bits per heavy atom. The maximum absolute atomic E-state index is 12.1. The average Bonchev–Trinajstić information content (AvgIpc) is 2.77. The minimum absolute atomic E-state index is 0.00412. The van der Waals surface area contributed by atoms with Crippen LogP contribution in [0.4, 0.5) is 11.6 Å². The van der Waals surface area contributed by atoms with Crippen molar-refractivity contribution in [2.45, 2.75) is 6.42 Å². The predicted octanol–water partition coefficient (Wildman–Crippen LogP) is 1.03. The summed E-state index contributed by atoms with van der Waals surface area (Å²) >= 11 is 0.